The number of aliphatic imine (C=N–C) groups is 1. The molecule has 1 aliphatic heterocycles. The van der Waals surface area contributed by atoms with Gasteiger partial charge in [0.05, 0.1) is 38.2 Å². The molecular weight excluding hydrogens is 578 g/mol. The zero-order chi connectivity index (χ0) is 30.9. The summed E-state index contributed by atoms with van der Waals surface area (Å²) in [5.74, 6) is -2.77. The molecule has 226 valence electrons. The fraction of sp³-hybridized carbons (Fsp3) is 0.323. The van der Waals surface area contributed by atoms with Gasteiger partial charge in [-0.15, -0.1) is 0 Å². The van der Waals surface area contributed by atoms with E-state index in [1.54, 1.807) is 62.4 Å². The molecule has 0 saturated carbocycles. The molecule has 4 rings (SSSR count). The van der Waals surface area contributed by atoms with Crippen molar-refractivity contribution in [3.05, 3.63) is 86.8 Å². The molecule has 0 radical (unpaired) electrons. The van der Waals surface area contributed by atoms with Gasteiger partial charge in [0.25, 0.3) is 5.91 Å². The number of nitrogens with one attached hydrogen (secondary N) is 2. The van der Waals surface area contributed by atoms with Gasteiger partial charge in [-0.2, -0.15) is 0 Å². The van der Waals surface area contributed by atoms with Crippen LogP contribution in [0.3, 0.4) is 0 Å². The molecule has 2 heterocycles. The molecule has 2 atom stereocenters. The van der Waals surface area contributed by atoms with E-state index in [1.807, 2.05) is 0 Å². The summed E-state index contributed by atoms with van der Waals surface area (Å²) in [4.78, 5) is 57.1. The van der Waals surface area contributed by atoms with Gasteiger partial charge in [-0.05, 0) is 49.7 Å². The first-order valence-electron chi connectivity index (χ1n) is 13.6. The summed E-state index contributed by atoms with van der Waals surface area (Å²) >= 11 is 6.52. The van der Waals surface area contributed by atoms with Gasteiger partial charge < -0.3 is 29.2 Å². The molecule has 3 aromatic rings. The molecule has 0 bridgehead atoms. The fourth-order valence-electron chi connectivity index (χ4n) is 4.84. The second-order valence-electron chi connectivity index (χ2n) is 9.60. The van der Waals surface area contributed by atoms with Crippen molar-refractivity contribution in [1.82, 2.24) is 10.3 Å². The number of rotatable bonds is 12. The van der Waals surface area contributed by atoms with Crippen molar-refractivity contribution in [3.8, 4) is 5.75 Å². The van der Waals surface area contributed by atoms with Crippen LogP contribution in [-0.2, 0) is 28.6 Å². The van der Waals surface area contributed by atoms with E-state index < -0.39 is 23.8 Å². The van der Waals surface area contributed by atoms with E-state index >= 15 is 0 Å². The summed E-state index contributed by atoms with van der Waals surface area (Å²) in [5, 5.41) is 3.86. The number of halogens is 1. The number of aromatic nitrogens is 1. The van der Waals surface area contributed by atoms with Gasteiger partial charge in [-0.3, -0.25) is 19.4 Å². The van der Waals surface area contributed by atoms with E-state index in [4.69, 9.17) is 30.5 Å². The number of carbonyl (C=O) groups excluding carboxylic acids is 3. The second-order valence-corrected chi connectivity index (χ2v) is 10.0. The lowest BCUT2D eigenvalue weighted by Gasteiger charge is -2.32. The van der Waals surface area contributed by atoms with Crippen molar-refractivity contribution < 1.29 is 33.3 Å². The number of aromatic amines is 1. The third-order valence-corrected chi connectivity index (χ3v) is 7.12. The van der Waals surface area contributed by atoms with Crippen molar-refractivity contribution in [1.29, 1.82) is 0 Å². The molecule has 0 fully saturated rings. The minimum atomic E-state index is -0.891. The summed E-state index contributed by atoms with van der Waals surface area (Å²) in [6, 6.07) is 15.1. The van der Waals surface area contributed by atoms with Crippen LogP contribution in [0.1, 0.15) is 25.3 Å². The molecule has 1 aliphatic rings. The first-order valence-corrected chi connectivity index (χ1v) is 14.0. The van der Waals surface area contributed by atoms with Gasteiger partial charge in [-0.1, -0.05) is 29.8 Å². The van der Waals surface area contributed by atoms with Gasteiger partial charge in [0.2, 0.25) is 5.56 Å². The Kier molecular flexibility index (Phi) is 10.7. The lowest BCUT2D eigenvalue weighted by molar-refractivity contribution is -0.144. The molecule has 2 N–H and O–H groups in total. The first kappa shape index (κ1) is 31.5. The molecule has 1 aromatic heterocycles. The number of H-pyrrole nitrogens is 1. The van der Waals surface area contributed by atoms with Crippen LogP contribution in [0.5, 0.6) is 5.75 Å². The molecule has 12 heteroatoms. The Hall–Kier alpha value is -4.48. The highest BCUT2D eigenvalue weighted by Gasteiger charge is 2.43. The minimum Gasteiger partial charge on any atom is -0.484 e. The van der Waals surface area contributed by atoms with E-state index in [1.165, 1.54) is 13.2 Å². The number of fused-ring (bicyclic) bond motifs is 1. The third kappa shape index (κ3) is 7.68. The number of benzene rings is 2. The van der Waals surface area contributed by atoms with Gasteiger partial charge in [0.1, 0.15) is 11.7 Å². The standard InChI is InChI=1S/C31H32ClN3O8/c1-4-42-31(39)29-24(34-18(2)27(30(38)40-3)28(29)21-7-5-6-8-22(21)32)16-41-14-13-33-26(37)17-43-20-10-11-23-19(15-20)9-12-25(36)35-23/h5-12,15,27-28H,4,13-14,16-17H2,1-3H3,(H,33,37)(H,35,36). The van der Waals surface area contributed by atoms with Crippen LogP contribution in [-0.4, -0.2) is 68.6 Å². The normalized spacial score (nSPS) is 16.4. The summed E-state index contributed by atoms with van der Waals surface area (Å²) < 4.78 is 21.7. The predicted octanol–water partition coefficient (Wildman–Crippen LogP) is 3.56. The average Bonchev–Trinajstić information content (AvgIpc) is 2.99. The Morgan fingerprint density at radius 2 is 1.88 bits per heavy atom. The Morgan fingerprint density at radius 1 is 1.09 bits per heavy atom. The minimum absolute atomic E-state index is 0.0775. The number of esters is 2. The highest BCUT2D eigenvalue weighted by Crippen LogP contribution is 2.42. The van der Waals surface area contributed by atoms with Gasteiger partial charge in [0, 0.05) is 40.2 Å². The lowest BCUT2D eigenvalue weighted by atomic mass is 9.75. The second kappa shape index (κ2) is 14.6. The van der Waals surface area contributed by atoms with Crippen LogP contribution < -0.4 is 15.6 Å². The number of hydrogen-bond donors (Lipinski definition) is 2. The van der Waals surface area contributed by atoms with Crippen LogP contribution >= 0.6 is 11.6 Å². The van der Waals surface area contributed by atoms with Crippen molar-refractivity contribution in [3.63, 3.8) is 0 Å². The molecular formula is C31H32ClN3O8. The molecule has 0 spiro atoms. The number of amides is 1. The summed E-state index contributed by atoms with van der Waals surface area (Å²) in [6.07, 6.45) is 0. The Balaban J connectivity index is 1.40. The largest absolute Gasteiger partial charge is 0.484 e. The zero-order valence-corrected chi connectivity index (χ0v) is 24.7. The Morgan fingerprint density at radius 3 is 2.63 bits per heavy atom. The average molecular weight is 610 g/mol. The maximum absolute atomic E-state index is 13.2. The number of carbonyl (C=O) groups is 3. The van der Waals surface area contributed by atoms with Crippen LogP contribution in [0, 0.1) is 5.92 Å². The highest BCUT2D eigenvalue weighted by molar-refractivity contribution is 6.31. The van der Waals surface area contributed by atoms with Crippen molar-refractivity contribution in [2.45, 2.75) is 19.8 Å². The Bertz CT molecular complexity index is 1630. The summed E-state index contributed by atoms with van der Waals surface area (Å²) in [7, 11) is 1.27. The molecule has 0 saturated heterocycles. The van der Waals surface area contributed by atoms with Gasteiger partial charge >= 0.3 is 11.9 Å². The number of ether oxygens (including phenoxy) is 4. The maximum atomic E-state index is 13.2. The van der Waals surface area contributed by atoms with Gasteiger partial charge in [0.15, 0.2) is 6.61 Å². The summed E-state index contributed by atoms with van der Waals surface area (Å²) in [5.41, 5.74) is 1.92. The van der Waals surface area contributed by atoms with E-state index in [0.717, 1.165) is 5.39 Å². The van der Waals surface area contributed by atoms with Crippen LogP contribution in [0.4, 0.5) is 0 Å². The number of nitrogens with zero attached hydrogens (tertiary/aromatic N) is 1. The molecule has 0 aliphatic carbocycles. The van der Waals surface area contributed by atoms with Crippen molar-refractivity contribution in [2.75, 3.05) is 40.1 Å². The maximum Gasteiger partial charge on any atom is 0.336 e. The van der Waals surface area contributed by atoms with Crippen LogP contribution in [0.25, 0.3) is 10.9 Å². The highest BCUT2D eigenvalue weighted by atomic mass is 35.5. The van der Waals surface area contributed by atoms with Crippen LogP contribution in [0.2, 0.25) is 5.02 Å². The molecule has 2 unspecified atom stereocenters. The topological polar surface area (TPSA) is 145 Å². The monoisotopic (exact) mass is 609 g/mol. The van der Waals surface area contributed by atoms with Crippen molar-refractivity contribution >= 4 is 46.1 Å². The van der Waals surface area contributed by atoms with E-state index in [-0.39, 0.29) is 50.0 Å². The fourth-order valence-corrected chi connectivity index (χ4v) is 5.10. The number of methoxy groups -OCH3 is 1. The lowest BCUT2D eigenvalue weighted by Crippen LogP contribution is -2.37. The third-order valence-electron chi connectivity index (χ3n) is 6.78. The molecule has 1 amide bonds. The zero-order valence-electron chi connectivity index (χ0n) is 24.0. The SMILES string of the molecule is CCOC(=O)C1=C(COCCNC(=O)COc2ccc3[nH]c(=O)ccc3c2)N=C(C)C(C(=O)OC)C1c1ccccc1Cl. The van der Waals surface area contributed by atoms with E-state index in [0.29, 0.717) is 33.3 Å². The van der Waals surface area contributed by atoms with Crippen LogP contribution in [0.15, 0.2) is 75.7 Å². The molecule has 43 heavy (non-hydrogen) atoms. The van der Waals surface area contributed by atoms with E-state index in [2.05, 4.69) is 15.3 Å². The first-order chi connectivity index (χ1) is 20.7. The Labute approximate surface area is 252 Å². The quantitative estimate of drug-likeness (QED) is 0.234. The van der Waals surface area contributed by atoms with Gasteiger partial charge in [-0.25, -0.2) is 4.79 Å². The number of pyridine rings is 1. The number of hydrogen-bond acceptors (Lipinski definition) is 9. The predicted molar refractivity (Wildman–Crippen MR) is 160 cm³/mol. The van der Waals surface area contributed by atoms with Crippen molar-refractivity contribution in [2.24, 2.45) is 10.9 Å². The van der Waals surface area contributed by atoms with E-state index in [9.17, 15) is 19.2 Å². The summed E-state index contributed by atoms with van der Waals surface area (Å²) in [6.45, 7) is 3.47. The smallest absolute Gasteiger partial charge is 0.336 e. The molecule has 11 nitrogen and oxygen atoms in total. The molecule has 2 aromatic carbocycles.